The molecule has 2 aliphatic heterocycles. The van der Waals surface area contributed by atoms with Gasteiger partial charge in [0, 0.05) is 31.4 Å². The number of aromatic nitrogens is 1. The van der Waals surface area contributed by atoms with Gasteiger partial charge in [-0.05, 0) is 32.8 Å². The minimum atomic E-state index is -1.31. The van der Waals surface area contributed by atoms with E-state index in [0.29, 0.717) is 31.9 Å². The number of hydrogen-bond acceptors (Lipinski definition) is 5. The summed E-state index contributed by atoms with van der Waals surface area (Å²) in [5, 5.41) is 9.39. The highest BCUT2D eigenvalue weighted by Crippen LogP contribution is 2.42. The number of rotatable bonds is 3. The minimum absolute atomic E-state index is 0.0896. The lowest BCUT2D eigenvalue weighted by atomic mass is 9.88. The van der Waals surface area contributed by atoms with E-state index in [1.807, 2.05) is 13.8 Å². The highest BCUT2D eigenvalue weighted by Gasteiger charge is 2.43. The lowest BCUT2D eigenvalue weighted by Crippen LogP contribution is -2.49. The van der Waals surface area contributed by atoms with Gasteiger partial charge in [-0.15, -0.1) is 0 Å². The van der Waals surface area contributed by atoms with Crippen molar-refractivity contribution < 1.29 is 19.0 Å². The van der Waals surface area contributed by atoms with Gasteiger partial charge in [-0.25, -0.2) is 9.18 Å². The quantitative estimate of drug-likeness (QED) is 0.752. The summed E-state index contributed by atoms with van der Waals surface area (Å²) < 4.78 is 23.0. The Kier molecular flexibility index (Phi) is 5.18. The van der Waals surface area contributed by atoms with Crippen LogP contribution < -0.4 is 11.2 Å². The van der Waals surface area contributed by atoms with Gasteiger partial charge in [0.05, 0.1) is 24.4 Å². The fourth-order valence-electron chi connectivity index (χ4n) is 4.64. The highest BCUT2D eigenvalue weighted by atomic mass is 19.1. The maximum atomic E-state index is 15.2. The van der Waals surface area contributed by atoms with Crippen LogP contribution in [0.15, 0.2) is 28.0 Å². The molecule has 1 fully saturated rings. The van der Waals surface area contributed by atoms with Gasteiger partial charge < -0.3 is 20.1 Å². The molecule has 156 valence electrons. The van der Waals surface area contributed by atoms with E-state index < -0.39 is 29.4 Å². The lowest BCUT2D eigenvalue weighted by Gasteiger charge is -2.44. The normalized spacial score (nSPS) is 26.7. The minimum Gasteiger partial charge on any atom is -0.477 e. The predicted molar refractivity (Wildman–Crippen MR) is 106 cm³/mol. The van der Waals surface area contributed by atoms with Crippen LogP contribution in [0.2, 0.25) is 0 Å². The van der Waals surface area contributed by atoms with Gasteiger partial charge in [-0.3, -0.25) is 9.69 Å². The number of piperidine rings is 1. The van der Waals surface area contributed by atoms with Crippen molar-refractivity contribution in [1.82, 2.24) is 9.47 Å². The molecule has 0 radical (unpaired) electrons. The van der Waals surface area contributed by atoms with Gasteiger partial charge in [0.15, 0.2) is 0 Å². The molecule has 3 heterocycles. The number of carbonyl (C=O) groups is 1. The third kappa shape index (κ3) is 3.25. The summed E-state index contributed by atoms with van der Waals surface area (Å²) in [4.78, 5) is 26.2. The van der Waals surface area contributed by atoms with Crippen LogP contribution in [-0.4, -0.2) is 52.8 Å². The maximum absolute atomic E-state index is 15.2. The van der Waals surface area contributed by atoms with E-state index >= 15 is 4.39 Å². The number of likely N-dealkylation sites (tertiary alicyclic amines) is 1. The molecule has 1 saturated heterocycles. The summed E-state index contributed by atoms with van der Waals surface area (Å²) in [7, 11) is 0. The average molecular weight is 403 g/mol. The summed E-state index contributed by atoms with van der Waals surface area (Å²) in [5.74, 6) is -1.76. The fraction of sp³-hybridized carbons (Fsp3) is 0.524. The Morgan fingerprint density at radius 1 is 1.38 bits per heavy atom. The van der Waals surface area contributed by atoms with Gasteiger partial charge in [0.2, 0.25) is 5.43 Å². The second-order valence-corrected chi connectivity index (χ2v) is 8.08. The van der Waals surface area contributed by atoms with Crippen molar-refractivity contribution >= 4 is 12.0 Å². The summed E-state index contributed by atoms with van der Waals surface area (Å²) in [6.07, 6.45) is 3.60. The van der Waals surface area contributed by atoms with Crippen LogP contribution in [-0.2, 0) is 4.74 Å². The molecule has 1 aromatic rings. The third-order valence-electron chi connectivity index (χ3n) is 6.36. The monoisotopic (exact) mass is 403 g/mol. The number of nitrogens with two attached hydrogens (primary N) is 1. The van der Waals surface area contributed by atoms with Crippen molar-refractivity contribution in [2.75, 3.05) is 26.2 Å². The molecule has 0 bridgehead atoms. The Morgan fingerprint density at radius 3 is 2.69 bits per heavy atom. The van der Waals surface area contributed by atoms with E-state index in [1.54, 1.807) is 4.57 Å². The number of halogens is 1. The zero-order valence-electron chi connectivity index (χ0n) is 16.7. The molecule has 0 aromatic carbocycles. The van der Waals surface area contributed by atoms with Crippen molar-refractivity contribution in [3.8, 4) is 0 Å². The molecule has 7 nitrogen and oxygen atoms in total. The van der Waals surface area contributed by atoms with Gasteiger partial charge in [0.25, 0.3) is 0 Å². The molecular formula is C21H26FN3O4. The standard InChI is InChI=1S/C21H26FN3O4/c1-11(8-23)13-3-5-24(6-4-13)18-16(22)7-14-17-20(18)29-10-12(2)25(17)9-15(19(14)26)21(27)28/h7,9,12,18,20H,3-6,8,10,23H2,1-2H3,(H,27,28)/t12-,18?,20?/m0/s1. The summed E-state index contributed by atoms with van der Waals surface area (Å²) in [6, 6.07) is -0.756. The molecule has 0 spiro atoms. The highest BCUT2D eigenvalue weighted by molar-refractivity contribution is 5.88. The van der Waals surface area contributed by atoms with E-state index in [4.69, 9.17) is 10.5 Å². The zero-order valence-corrected chi connectivity index (χ0v) is 16.7. The Morgan fingerprint density at radius 2 is 2.07 bits per heavy atom. The van der Waals surface area contributed by atoms with E-state index in [-0.39, 0.29) is 17.2 Å². The molecule has 3 atom stereocenters. The smallest absolute Gasteiger partial charge is 0.341 e. The van der Waals surface area contributed by atoms with E-state index in [2.05, 4.69) is 4.90 Å². The second-order valence-electron chi connectivity index (χ2n) is 8.08. The van der Waals surface area contributed by atoms with Gasteiger partial charge >= 0.3 is 5.97 Å². The summed E-state index contributed by atoms with van der Waals surface area (Å²) in [6.45, 7) is 6.15. The molecule has 0 saturated carbocycles. The Hall–Kier alpha value is -2.29. The molecule has 1 aliphatic carbocycles. The molecule has 3 aliphatic rings. The molecule has 8 heteroatoms. The number of nitrogens with zero attached hydrogens (tertiary/aromatic N) is 2. The first-order valence-electron chi connectivity index (χ1n) is 9.96. The summed E-state index contributed by atoms with van der Waals surface area (Å²) >= 11 is 0. The number of ether oxygens (including phenoxy) is 1. The molecule has 2 unspecified atom stereocenters. The molecule has 1 aromatic heterocycles. The predicted octanol–water partition coefficient (Wildman–Crippen LogP) is 2.24. The Bertz CT molecular complexity index is 971. The first-order chi connectivity index (χ1) is 13.8. The first kappa shape index (κ1) is 20.0. The summed E-state index contributed by atoms with van der Waals surface area (Å²) in [5.41, 5.74) is 7.92. The Labute approximate surface area is 168 Å². The number of carboxylic acids is 1. The van der Waals surface area contributed by atoms with Gasteiger partial charge in [-0.2, -0.15) is 0 Å². The van der Waals surface area contributed by atoms with E-state index in [9.17, 15) is 14.7 Å². The van der Waals surface area contributed by atoms with Gasteiger partial charge in [0.1, 0.15) is 17.5 Å². The number of hydrogen-bond donors (Lipinski definition) is 2. The van der Waals surface area contributed by atoms with Crippen LogP contribution in [0.5, 0.6) is 0 Å². The molecule has 3 N–H and O–H groups in total. The average Bonchev–Trinajstić information content (AvgIpc) is 2.71. The Balaban J connectivity index is 1.75. The number of carboxylic acid groups (broad SMARTS) is 1. The third-order valence-corrected chi connectivity index (χ3v) is 6.36. The van der Waals surface area contributed by atoms with E-state index in [0.717, 1.165) is 12.8 Å². The number of aromatic carboxylic acids is 1. The van der Waals surface area contributed by atoms with Crippen molar-refractivity contribution in [2.24, 2.45) is 5.73 Å². The van der Waals surface area contributed by atoms with Gasteiger partial charge in [-0.1, -0.05) is 11.1 Å². The SMILES string of the molecule is CC(CN)=C1CCN(C2C(F)=Cc3c4n(cc(C(=O)O)c3=O)[C@@H](C)COC42)CC1. The lowest BCUT2D eigenvalue weighted by molar-refractivity contribution is -0.0492. The van der Waals surface area contributed by atoms with Crippen molar-refractivity contribution in [2.45, 2.75) is 44.9 Å². The van der Waals surface area contributed by atoms with Crippen LogP contribution in [0.3, 0.4) is 0 Å². The van der Waals surface area contributed by atoms with Crippen molar-refractivity contribution in [3.63, 3.8) is 0 Å². The molecule has 4 rings (SSSR count). The molecule has 29 heavy (non-hydrogen) atoms. The maximum Gasteiger partial charge on any atom is 0.341 e. The van der Waals surface area contributed by atoms with Crippen LogP contribution in [0.25, 0.3) is 6.08 Å². The fourth-order valence-corrected chi connectivity index (χ4v) is 4.64. The first-order valence-corrected chi connectivity index (χ1v) is 9.96. The largest absolute Gasteiger partial charge is 0.477 e. The van der Waals surface area contributed by atoms with Crippen LogP contribution in [0, 0.1) is 0 Å². The zero-order chi connectivity index (χ0) is 20.9. The topological polar surface area (TPSA) is 97.8 Å². The van der Waals surface area contributed by atoms with E-state index in [1.165, 1.54) is 23.4 Å². The van der Waals surface area contributed by atoms with Crippen molar-refractivity contribution in [1.29, 1.82) is 0 Å². The van der Waals surface area contributed by atoms with Crippen molar-refractivity contribution in [3.05, 3.63) is 50.2 Å². The van der Waals surface area contributed by atoms with Crippen LogP contribution in [0.1, 0.15) is 60.5 Å². The van der Waals surface area contributed by atoms with Crippen LogP contribution in [0.4, 0.5) is 4.39 Å². The second kappa shape index (κ2) is 7.51. The molecular weight excluding hydrogens is 377 g/mol. The number of pyridine rings is 1. The van der Waals surface area contributed by atoms with Crippen LogP contribution >= 0.6 is 0 Å². The molecule has 0 amide bonds.